The van der Waals surface area contributed by atoms with Gasteiger partial charge in [0.2, 0.25) is 11.9 Å². The predicted molar refractivity (Wildman–Crippen MR) is 134 cm³/mol. The van der Waals surface area contributed by atoms with Gasteiger partial charge in [0.05, 0.1) is 19.5 Å². The number of rotatable bonds is 8. The molecular weight excluding hydrogens is 604 g/mol. The first-order valence-electron chi connectivity index (χ1n) is 11.4. The second kappa shape index (κ2) is 10.9. The van der Waals surface area contributed by atoms with Gasteiger partial charge in [0.25, 0.3) is 5.56 Å². The molecule has 0 saturated carbocycles. The summed E-state index contributed by atoms with van der Waals surface area (Å²) >= 11 is 12.7. The van der Waals surface area contributed by atoms with E-state index in [9.17, 15) is 29.3 Å². The maximum atomic E-state index is 12.8. The van der Waals surface area contributed by atoms with Gasteiger partial charge in [-0.1, -0.05) is 0 Å². The third kappa shape index (κ3) is 5.32. The Labute approximate surface area is 232 Å². The van der Waals surface area contributed by atoms with Crippen molar-refractivity contribution in [3.05, 3.63) is 33.5 Å². The van der Waals surface area contributed by atoms with E-state index in [-0.39, 0.29) is 23.1 Å². The Kier molecular flexibility index (Phi) is 7.87. The van der Waals surface area contributed by atoms with Crippen molar-refractivity contribution in [1.29, 1.82) is 0 Å². The van der Waals surface area contributed by atoms with Gasteiger partial charge in [-0.3, -0.25) is 28.0 Å². The van der Waals surface area contributed by atoms with Crippen LogP contribution in [0.1, 0.15) is 12.5 Å². The van der Waals surface area contributed by atoms with Crippen molar-refractivity contribution >= 4 is 54.1 Å². The summed E-state index contributed by atoms with van der Waals surface area (Å²) in [5, 5.41) is 17.9. The van der Waals surface area contributed by atoms with Crippen molar-refractivity contribution in [1.82, 2.24) is 34.1 Å². The summed E-state index contributed by atoms with van der Waals surface area (Å²) in [4.78, 5) is 52.0. The highest BCUT2D eigenvalue weighted by Gasteiger charge is 2.50. The summed E-state index contributed by atoms with van der Waals surface area (Å²) in [7, 11) is -4.94. The number of halogens is 2. The van der Waals surface area contributed by atoms with Crippen molar-refractivity contribution in [2.75, 3.05) is 24.7 Å². The Hall–Kier alpha value is -2.71. The zero-order chi connectivity index (χ0) is 28.9. The van der Waals surface area contributed by atoms with Crippen LogP contribution in [0.4, 0.5) is 11.9 Å². The zero-order valence-electron chi connectivity index (χ0n) is 19.9. The molecular formula is C18H22Cl2N9O10P. The van der Waals surface area contributed by atoms with Crippen molar-refractivity contribution in [3.8, 4) is 0 Å². The molecule has 3 aromatic rings. The Morgan fingerprint density at radius 1 is 1.07 bits per heavy atom. The number of fused-ring (bicyclic) bond motifs is 1. The zero-order valence-corrected chi connectivity index (χ0v) is 22.3. The predicted octanol–water partition coefficient (Wildman–Crippen LogP) is -2.20. The number of phosphoric ester groups is 1. The molecule has 9 atom stereocenters. The first-order chi connectivity index (χ1) is 18.9. The number of H-pyrrole nitrogens is 1. The van der Waals surface area contributed by atoms with Crippen molar-refractivity contribution in [2.45, 2.75) is 47.6 Å². The second-order valence-electron chi connectivity index (χ2n) is 8.71. The molecule has 0 aromatic carbocycles. The SMILES string of the molecule is Nc1ncn([C@@H]2O[C@H](COP(=O)(O)OC3C(Cl)[C@H](n4cnc5c(=O)[nH]c(N)nc54)O[C@@H]3CO)[C@H](O)C2Cl)c(=O)n1. The summed E-state index contributed by atoms with van der Waals surface area (Å²) in [6.45, 7) is -1.38. The van der Waals surface area contributed by atoms with Crippen LogP contribution in [0.3, 0.4) is 0 Å². The summed E-state index contributed by atoms with van der Waals surface area (Å²) in [5.74, 6) is -0.481. The number of nitrogens with zero attached hydrogens (tertiary/aromatic N) is 6. The number of aromatic nitrogens is 7. The van der Waals surface area contributed by atoms with Crippen molar-refractivity contribution in [2.24, 2.45) is 0 Å². The van der Waals surface area contributed by atoms with Crippen LogP contribution in [-0.2, 0) is 23.1 Å². The molecule has 4 unspecified atom stereocenters. The van der Waals surface area contributed by atoms with E-state index in [2.05, 4.69) is 24.9 Å². The van der Waals surface area contributed by atoms with E-state index < -0.39 is 79.9 Å². The van der Waals surface area contributed by atoms with Crippen molar-refractivity contribution < 1.29 is 38.2 Å². The summed E-state index contributed by atoms with van der Waals surface area (Å²) < 4.78 is 36.5. The van der Waals surface area contributed by atoms with E-state index in [0.717, 1.165) is 10.9 Å². The molecule has 19 nitrogen and oxygen atoms in total. The van der Waals surface area contributed by atoms with Crippen LogP contribution >= 0.6 is 31.0 Å². The summed E-state index contributed by atoms with van der Waals surface area (Å²) in [5.41, 5.74) is 9.47. The number of hydrogen-bond acceptors (Lipinski definition) is 15. The lowest BCUT2D eigenvalue weighted by Gasteiger charge is -2.23. The van der Waals surface area contributed by atoms with Crippen LogP contribution in [0.2, 0.25) is 0 Å². The van der Waals surface area contributed by atoms with Crippen molar-refractivity contribution in [3.63, 3.8) is 0 Å². The molecule has 0 bridgehead atoms. The van der Waals surface area contributed by atoms with Gasteiger partial charge in [-0.05, 0) is 0 Å². The summed E-state index contributed by atoms with van der Waals surface area (Å²) in [6, 6.07) is 0. The molecule has 218 valence electrons. The highest BCUT2D eigenvalue weighted by molar-refractivity contribution is 7.47. The van der Waals surface area contributed by atoms with Gasteiger partial charge in [0, 0.05) is 0 Å². The molecule has 5 rings (SSSR count). The first-order valence-corrected chi connectivity index (χ1v) is 13.7. The molecule has 8 N–H and O–H groups in total. The van der Waals surface area contributed by atoms with E-state index in [1.807, 2.05) is 0 Å². The molecule has 0 aliphatic carbocycles. The lowest BCUT2D eigenvalue weighted by Crippen LogP contribution is -2.34. The van der Waals surface area contributed by atoms with Crippen LogP contribution in [0.25, 0.3) is 11.2 Å². The Bertz CT molecular complexity index is 1570. The number of nitrogens with two attached hydrogens (primary N) is 2. The van der Waals surface area contributed by atoms with E-state index in [4.69, 9.17) is 53.2 Å². The van der Waals surface area contributed by atoms with Gasteiger partial charge in [-0.25, -0.2) is 19.3 Å². The van der Waals surface area contributed by atoms with Gasteiger partial charge < -0.3 is 36.0 Å². The number of aliphatic hydroxyl groups excluding tert-OH is 2. The first kappa shape index (κ1) is 28.8. The molecule has 22 heteroatoms. The number of aliphatic hydroxyl groups is 2. The van der Waals surface area contributed by atoms with E-state index >= 15 is 0 Å². The summed E-state index contributed by atoms with van der Waals surface area (Å²) in [6.07, 6.45) is -5.51. The van der Waals surface area contributed by atoms with Crippen LogP contribution in [-0.4, -0.2) is 97.5 Å². The fraction of sp³-hybridized carbons (Fsp3) is 0.556. The molecule has 40 heavy (non-hydrogen) atoms. The minimum atomic E-state index is -4.94. The van der Waals surface area contributed by atoms with E-state index in [1.54, 1.807) is 0 Å². The fourth-order valence-electron chi connectivity index (χ4n) is 4.27. The number of hydrogen-bond donors (Lipinski definition) is 6. The molecule has 0 radical (unpaired) electrons. The maximum Gasteiger partial charge on any atom is 0.472 e. The molecule has 2 saturated heterocycles. The lowest BCUT2D eigenvalue weighted by atomic mass is 10.2. The number of nitrogen functional groups attached to an aromatic ring is 2. The standard InChI is InChI=1S/C18H22Cl2N9O10P/c19-7-10(31)6(38-14(7)29-4-24-16(21)27-18(29)33)2-36-40(34,35)39-11-5(1-30)37-15(8(11)20)28-3-23-9-12(28)25-17(22)26-13(9)32/h3-8,10-11,14-15,30-31H,1-2H2,(H,34,35)(H2,21,27,33)(H3,22,25,26,32)/t5-,6-,7?,8?,10+,11?,14-,15-/m1/s1. The highest BCUT2D eigenvalue weighted by Crippen LogP contribution is 2.50. The number of alkyl halides is 2. The smallest absolute Gasteiger partial charge is 0.394 e. The number of ether oxygens (including phenoxy) is 2. The topological polar surface area (TPSA) is 278 Å². The Morgan fingerprint density at radius 3 is 2.45 bits per heavy atom. The van der Waals surface area contributed by atoms with Gasteiger partial charge >= 0.3 is 13.5 Å². The number of imidazole rings is 1. The van der Waals surface area contributed by atoms with Crippen LogP contribution in [0, 0.1) is 0 Å². The third-order valence-corrected chi connectivity index (χ3v) is 8.06. The largest absolute Gasteiger partial charge is 0.472 e. The molecule has 2 fully saturated rings. The number of anilines is 2. The lowest BCUT2D eigenvalue weighted by molar-refractivity contribution is -0.0567. The van der Waals surface area contributed by atoms with Crippen LogP contribution in [0.15, 0.2) is 22.2 Å². The normalized spacial score (nSPS) is 32.0. The number of phosphoric acid groups is 1. The molecule has 3 aromatic heterocycles. The molecule has 2 aliphatic rings. The van der Waals surface area contributed by atoms with E-state index in [0.29, 0.717) is 0 Å². The fourth-order valence-corrected chi connectivity index (χ4v) is 6.05. The molecule has 5 heterocycles. The molecule has 0 amide bonds. The number of nitrogens with one attached hydrogen (secondary N) is 1. The third-order valence-electron chi connectivity index (χ3n) is 6.14. The van der Waals surface area contributed by atoms with Gasteiger partial charge in [0.15, 0.2) is 23.6 Å². The Morgan fingerprint density at radius 2 is 1.75 bits per heavy atom. The monoisotopic (exact) mass is 625 g/mol. The molecule has 2 aliphatic heterocycles. The highest BCUT2D eigenvalue weighted by atomic mass is 35.5. The minimum Gasteiger partial charge on any atom is -0.394 e. The second-order valence-corrected chi connectivity index (χ2v) is 11.1. The number of aromatic amines is 1. The minimum absolute atomic E-state index is 0.0147. The van der Waals surface area contributed by atoms with Gasteiger partial charge in [-0.15, -0.1) is 23.2 Å². The average Bonchev–Trinajstić information content (AvgIpc) is 3.53. The Balaban J connectivity index is 1.28. The van der Waals surface area contributed by atoms with E-state index in [1.165, 1.54) is 10.9 Å². The van der Waals surface area contributed by atoms with Gasteiger partial charge in [0.1, 0.15) is 41.5 Å². The van der Waals surface area contributed by atoms with Crippen LogP contribution in [0.5, 0.6) is 0 Å². The van der Waals surface area contributed by atoms with Gasteiger partial charge in [-0.2, -0.15) is 9.97 Å². The molecule has 0 spiro atoms. The van der Waals surface area contributed by atoms with Crippen LogP contribution < -0.4 is 22.7 Å². The quantitative estimate of drug-likeness (QED) is 0.114. The maximum absolute atomic E-state index is 12.8. The average molecular weight is 626 g/mol.